The lowest BCUT2D eigenvalue weighted by molar-refractivity contribution is -0.121. The molecule has 31 heavy (non-hydrogen) atoms. The topological polar surface area (TPSA) is 107 Å². The molecule has 0 spiro atoms. The molecular formula is C23H19ClN4O3. The average molecular weight is 435 g/mol. The number of carboxylic acids is 1. The van der Waals surface area contributed by atoms with Gasteiger partial charge in [0.1, 0.15) is 0 Å². The molecule has 3 rings (SSSR count). The van der Waals surface area contributed by atoms with Gasteiger partial charge in [-0.2, -0.15) is 10.4 Å². The molecule has 0 bridgehead atoms. The van der Waals surface area contributed by atoms with E-state index in [2.05, 4.69) is 10.5 Å². The van der Waals surface area contributed by atoms with Gasteiger partial charge in [0.15, 0.2) is 5.92 Å². The van der Waals surface area contributed by atoms with Gasteiger partial charge < -0.3 is 9.67 Å². The maximum atomic E-state index is 12.4. The minimum Gasteiger partial charge on any atom is -0.478 e. The largest absolute Gasteiger partial charge is 0.478 e. The van der Waals surface area contributed by atoms with Crippen LogP contribution in [-0.4, -0.2) is 27.8 Å². The molecule has 0 aliphatic carbocycles. The zero-order valence-corrected chi connectivity index (χ0v) is 17.6. The number of hydrogen-bond donors (Lipinski definition) is 2. The van der Waals surface area contributed by atoms with E-state index >= 15 is 0 Å². The number of aromatic nitrogens is 1. The highest BCUT2D eigenvalue weighted by Gasteiger charge is 2.19. The van der Waals surface area contributed by atoms with Crippen LogP contribution in [0.2, 0.25) is 5.02 Å². The van der Waals surface area contributed by atoms with Crippen LogP contribution in [-0.2, 0) is 4.79 Å². The minimum absolute atomic E-state index is 0.0117. The number of carbonyl (C=O) groups is 2. The van der Waals surface area contributed by atoms with Crippen molar-refractivity contribution in [2.24, 2.45) is 5.10 Å². The fourth-order valence-corrected chi connectivity index (χ4v) is 3.49. The highest BCUT2D eigenvalue weighted by atomic mass is 35.5. The zero-order valence-electron chi connectivity index (χ0n) is 16.8. The molecule has 1 heterocycles. The van der Waals surface area contributed by atoms with E-state index in [9.17, 15) is 20.0 Å². The van der Waals surface area contributed by atoms with Crippen molar-refractivity contribution in [2.75, 3.05) is 0 Å². The molecule has 0 radical (unpaired) electrons. The number of carbonyl (C=O) groups excluding carboxylic acids is 1. The van der Waals surface area contributed by atoms with Crippen molar-refractivity contribution in [3.05, 3.63) is 87.7 Å². The Balaban J connectivity index is 1.82. The van der Waals surface area contributed by atoms with Gasteiger partial charge >= 0.3 is 5.97 Å². The van der Waals surface area contributed by atoms with E-state index in [0.717, 1.165) is 17.0 Å². The number of amides is 1. The highest BCUT2D eigenvalue weighted by molar-refractivity contribution is 6.33. The first kappa shape index (κ1) is 21.8. The Morgan fingerprint density at radius 1 is 1.19 bits per heavy atom. The number of hydrazone groups is 1. The molecule has 0 aliphatic rings. The Hall–Kier alpha value is -3.89. The first-order valence-corrected chi connectivity index (χ1v) is 9.71. The molecule has 2 N–H and O–H groups in total. The predicted molar refractivity (Wildman–Crippen MR) is 118 cm³/mol. The van der Waals surface area contributed by atoms with Crippen LogP contribution < -0.4 is 5.43 Å². The SMILES string of the molecule is Cc1cc(/C=N\NC(=O)[C@H](C#N)c2ccccc2)c(C)n1-c1ccc(Cl)c(C(=O)O)c1. The standard InChI is InChI=1S/C23H19ClN4O3/c1-14-10-17(13-26-27-22(29)20(12-25)16-6-4-3-5-7-16)15(2)28(14)18-8-9-21(24)19(11-18)23(30)31/h3-11,13,20H,1-2H3,(H,27,29)(H,30,31)/b26-13-/t20-/m1/s1. The van der Waals surface area contributed by atoms with E-state index in [0.29, 0.717) is 11.3 Å². The number of nitriles is 1. The summed E-state index contributed by atoms with van der Waals surface area (Å²) in [5, 5.41) is 22.8. The van der Waals surface area contributed by atoms with E-state index in [1.54, 1.807) is 36.4 Å². The monoisotopic (exact) mass is 434 g/mol. The second-order valence-electron chi connectivity index (χ2n) is 6.84. The summed E-state index contributed by atoms with van der Waals surface area (Å²) < 4.78 is 1.87. The zero-order chi connectivity index (χ0) is 22.5. The Kier molecular flexibility index (Phi) is 6.53. The van der Waals surface area contributed by atoms with Gasteiger partial charge in [0, 0.05) is 22.6 Å². The number of benzene rings is 2. The highest BCUT2D eigenvalue weighted by Crippen LogP contribution is 2.24. The predicted octanol–water partition coefficient (Wildman–Crippen LogP) is 4.20. The lowest BCUT2D eigenvalue weighted by Crippen LogP contribution is -2.24. The van der Waals surface area contributed by atoms with Crippen molar-refractivity contribution in [1.82, 2.24) is 9.99 Å². The summed E-state index contributed by atoms with van der Waals surface area (Å²) in [6.07, 6.45) is 1.49. The third-order valence-electron chi connectivity index (χ3n) is 4.81. The van der Waals surface area contributed by atoms with E-state index in [-0.39, 0.29) is 10.6 Å². The molecule has 0 aliphatic heterocycles. The van der Waals surface area contributed by atoms with Gasteiger partial charge in [-0.05, 0) is 43.7 Å². The fraction of sp³-hybridized carbons (Fsp3) is 0.130. The van der Waals surface area contributed by atoms with Crippen molar-refractivity contribution in [3.8, 4) is 11.8 Å². The second kappa shape index (κ2) is 9.28. The first-order chi connectivity index (χ1) is 14.8. The number of rotatable bonds is 6. The van der Waals surface area contributed by atoms with Gasteiger partial charge in [0.2, 0.25) is 0 Å². The smallest absolute Gasteiger partial charge is 0.337 e. The molecule has 7 nitrogen and oxygen atoms in total. The normalized spacial score (nSPS) is 11.8. The molecule has 156 valence electrons. The molecule has 0 fully saturated rings. The van der Waals surface area contributed by atoms with E-state index in [1.807, 2.05) is 36.6 Å². The number of nitrogens with one attached hydrogen (secondary N) is 1. The Labute approximate surface area is 184 Å². The third kappa shape index (κ3) is 4.65. The van der Waals surface area contributed by atoms with E-state index < -0.39 is 17.8 Å². The van der Waals surface area contributed by atoms with Gasteiger partial charge in [0.05, 0.1) is 22.9 Å². The van der Waals surface area contributed by atoms with Gasteiger partial charge in [-0.25, -0.2) is 10.2 Å². The third-order valence-corrected chi connectivity index (χ3v) is 5.14. The van der Waals surface area contributed by atoms with Crippen LogP contribution in [0.15, 0.2) is 59.7 Å². The molecule has 0 saturated heterocycles. The van der Waals surface area contributed by atoms with Crippen molar-refractivity contribution in [2.45, 2.75) is 19.8 Å². The average Bonchev–Trinajstić information content (AvgIpc) is 3.03. The fourth-order valence-electron chi connectivity index (χ4n) is 3.29. The number of aromatic carboxylic acids is 1. The summed E-state index contributed by atoms with van der Waals surface area (Å²) in [4.78, 5) is 23.7. The van der Waals surface area contributed by atoms with Crippen molar-refractivity contribution in [3.63, 3.8) is 0 Å². The summed E-state index contributed by atoms with van der Waals surface area (Å²) in [5.74, 6) is -2.60. The van der Waals surface area contributed by atoms with Gasteiger partial charge in [-0.15, -0.1) is 0 Å². The molecule has 0 saturated carbocycles. The van der Waals surface area contributed by atoms with Gasteiger partial charge in [-0.1, -0.05) is 41.9 Å². The Morgan fingerprint density at radius 3 is 2.55 bits per heavy atom. The Morgan fingerprint density at radius 2 is 1.90 bits per heavy atom. The number of aryl methyl sites for hydroxylation is 1. The number of halogens is 1. The number of nitrogens with zero attached hydrogens (tertiary/aromatic N) is 3. The molecule has 8 heteroatoms. The lowest BCUT2D eigenvalue weighted by Gasteiger charge is -2.11. The summed E-state index contributed by atoms with van der Waals surface area (Å²) in [5.41, 5.74) is 6.05. The van der Waals surface area contributed by atoms with E-state index in [1.165, 1.54) is 12.3 Å². The van der Waals surface area contributed by atoms with Crippen LogP contribution in [0.25, 0.3) is 5.69 Å². The Bertz CT molecular complexity index is 1210. The quantitative estimate of drug-likeness (QED) is 0.447. The van der Waals surface area contributed by atoms with Crippen LogP contribution in [0.3, 0.4) is 0 Å². The van der Waals surface area contributed by atoms with Crippen molar-refractivity contribution in [1.29, 1.82) is 5.26 Å². The molecule has 0 unspecified atom stereocenters. The van der Waals surface area contributed by atoms with Crippen LogP contribution in [0.5, 0.6) is 0 Å². The van der Waals surface area contributed by atoms with Crippen molar-refractivity contribution >= 4 is 29.7 Å². The summed E-state index contributed by atoms with van der Waals surface area (Å²) in [7, 11) is 0. The molecule has 1 atom stereocenters. The minimum atomic E-state index is -1.11. The number of hydrogen-bond acceptors (Lipinski definition) is 4. The van der Waals surface area contributed by atoms with Crippen LogP contribution in [0.4, 0.5) is 0 Å². The lowest BCUT2D eigenvalue weighted by atomic mass is 10.0. The maximum absolute atomic E-state index is 12.4. The molecule has 1 amide bonds. The molecular weight excluding hydrogens is 416 g/mol. The van der Waals surface area contributed by atoms with Crippen LogP contribution >= 0.6 is 11.6 Å². The number of carboxylic acid groups (broad SMARTS) is 1. The van der Waals surface area contributed by atoms with E-state index in [4.69, 9.17) is 11.6 Å². The summed E-state index contributed by atoms with van der Waals surface area (Å²) in [6, 6.07) is 17.4. The molecule has 1 aromatic heterocycles. The van der Waals surface area contributed by atoms with Crippen LogP contribution in [0, 0.1) is 25.2 Å². The van der Waals surface area contributed by atoms with Gasteiger partial charge in [0.25, 0.3) is 5.91 Å². The second-order valence-corrected chi connectivity index (χ2v) is 7.25. The van der Waals surface area contributed by atoms with Crippen LogP contribution in [0.1, 0.15) is 38.8 Å². The maximum Gasteiger partial charge on any atom is 0.337 e. The summed E-state index contributed by atoms with van der Waals surface area (Å²) in [6.45, 7) is 3.73. The molecule has 3 aromatic rings. The van der Waals surface area contributed by atoms with Gasteiger partial charge in [-0.3, -0.25) is 4.79 Å². The van der Waals surface area contributed by atoms with Crippen molar-refractivity contribution < 1.29 is 14.7 Å². The summed E-state index contributed by atoms with van der Waals surface area (Å²) >= 11 is 5.97. The molecule has 2 aromatic carbocycles. The first-order valence-electron chi connectivity index (χ1n) is 9.33.